The maximum atomic E-state index is 11.6. The summed E-state index contributed by atoms with van der Waals surface area (Å²) in [7, 11) is 0. The third-order valence-electron chi connectivity index (χ3n) is 2.99. The highest BCUT2D eigenvalue weighted by molar-refractivity contribution is 5.90. The van der Waals surface area contributed by atoms with Gasteiger partial charge in [0.1, 0.15) is 5.82 Å². The molecule has 6 nitrogen and oxygen atoms in total. The van der Waals surface area contributed by atoms with Crippen molar-refractivity contribution in [2.45, 2.75) is 20.4 Å². The fourth-order valence-electron chi connectivity index (χ4n) is 1.96. The molecule has 1 aromatic rings. The minimum Gasteiger partial charge on any atom is -0.462 e. The molecule has 2 rings (SSSR count). The quantitative estimate of drug-likeness (QED) is 0.750. The van der Waals surface area contributed by atoms with Crippen LogP contribution in [0.15, 0.2) is 6.20 Å². The fourth-order valence-corrected chi connectivity index (χ4v) is 1.96. The summed E-state index contributed by atoms with van der Waals surface area (Å²) in [6.45, 7) is 7.91. The molecular formula is C13H19N3O3. The van der Waals surface area contributed by atoms with Crippen molar-refractivity contribution in [3.05, 3.63) is 23.3 Å². The Morgan fingerprint density at radius 1 is 1.47 bits per heavy atom. The van der Waals surface area contributed by atoms with Gasteiger partial charge >= 0.3 is 5.97 Å². The first kappa shape index (κ1) is 13.9. The van der Waals surface area contributed by atoms with Crippen LogP contribution >= 0.6 is 0 Å². The molecule has 0 unspecified atom stereocenters. The summed E-state index contributed by atoms with van der Waals surface area (Å²) in [6.07, 6.45) is 1.55. The molecule has 0 spiro atoms. The number of aryl methyl sites for hydroxylation is 1. The van der Waals surface area contributed by atoms with Crippen LogP contribution in [0.5, 0.6) is 0 Å². The second-order valence-corrected chi connectivity index (χ2v) is 4.39. The normalized spacial score (nSPS) is 16.3. The minimum absolute atomic E-state index is 0.355. The van der Waals surface area contributed by atoms with E-state index in [2.05, 4.69) is 14.9 Å². The second-order valence-electron chi connectivity index (χ2n) is 4.39. The number of carbonyl (C=O) groups excluding carboxylic acids is 1. The highest BCUT2D eigenvalue weighted by Gasteiger charge is 2.15. The number of carbonyl (C=O) groups is 1. The lowest BCUT2D eigenvalue weighted by Crippen LogP contribution is -2.36. The van der Waals surface area contributed by atoms with Crippen LogP contribution in [0.2, 0.25) is 0 Å². The zero-order valence-electron chi connectivity index (χ0n) is 11.4. The van der Waals surface area contributed by atoms with Crippen molar-refractivity contribution >= 4 is 5.97 Å². The monoisotopic (exact) mass is 265 g/mol. The SMILES string of the molecule is CCOC(=O)c1cnc(CN2CCOCC2)nc1C. The van der Waals surface area contributed by atoms with Crippen LogP contribution in [0.4, 0.5) is 0 Å². The zero-order valence-corrected chi connectivity index (χ0v) is 11.4. The number of ether oxygens (including phenoxy) is 2. The summed E-state index contributed by atoms with van der Waals surface area (Å²) < 4.78 is 10.2. The molecule has 0 atom stereocenters. The van der Waals surface area contributed by atoms with Crippen LogP contribution < -0.4 is 0 Å². The number of esters is 1. The molecule has 0 saturated carbocycles. The third-order valence-corrected chi connectivity index (χ3v) is 2.99. The average Bonchev–Trinajstić information content (AvgIpc) is 2.40. The van der Waals surface area contributed by atoms with Crippen LogP contribution in [0.1, 0.15) is 28.8 Å². The Labute approximate surface area is 112 Å². The van der Waals surface area contributed by atoms with Crippen molar-refractivity contribution in [2.24, 2.45) is 0 Å². The molecule has 0 radical (unpaired) electrons. The maximum absolute atomic E-state index is 11.6. The first-order valence-electron chi connectivity index (χ1n) is 6.50. The molecular weight excluding hydrogens is 246 g/mol. The molecule has 2 heterocycles. The van der Waals surface area contributed by atoms with Gasteiger partial charge in [-0.1, -0.05) is 0 Å². The van der Waals surface area contributed by atoms with E-state index in [4.69, 9.17) is 9.47 Å². The Kier molecular flexibility index (Phi) is 4.81. The van der Waals surface area contributed by atoms with Crippen molar-refractivity contribution in [2.75, 3.05) is 32.9 Å². The van der Waals surface area contributed by atoms with E-state index in [1.165, 1.54) is 0 Å². The fraction of sp³-hybridized carbons (Fsp3) is 0.615. The van der Waals surface area contributed by atoms with E-state index in [0.717, 1.165) is 32.1 Å². The lowest BCUT2D eigenvalue weighted by molar-refractivity contribution is 0.0330. The van der Waals surface area contributed by atoms with E-state index in [9.17, 15) is 4.79 Å². The Hall–Kier alpha value is -1.53. The lowest BCUT2D eigenvalue weighted by atomic mass is 10.2. The van der Waals surface area contributed by atoms with Crippen LogP contribution in [-0.4, -0.2) is 53.7 Å². The molecule has 1 fully saturated rings. The molecule has 0 amide bonds. The molecule has 0 aliphatic carbocycles. The van der Waals surface area contributed by atoms with Gasteiger partial charge in [-0.05, 0) is 13.8 Å². The van der Waals surface area contributed by atoms with Gasteiger partial charge in [0, 0.05) is 19.3 Å². The van der Waals surface area contributed by atoms with Gasteiger partial charge in [0.25, 0.3) is 0 Å². The summed E-state index contributed by atoms with van der Waals surface area (Å²) >= 11 is 0. The molecule has 104 valence electrons. The first-order chi connectivity index (χ1) is 9.20. The number of aromatic nitrogens is 2. The summed E-state index contributed by atoms with van der Waals surface area (Å²) in [5.74, 6) is 0.366. The molecule has 19 heavy (non-hydrogen) atoms. The Balaban J connectivity index is 2.03. The van der Waals surface area contributed by atoms with Crippen molar-refractivity contribution in [1.29, 1.82) is 0 Å². The summed E-state index contributed by atoms with van der Waals surface area (Å²) in [5.41, 5.74) is 1.10. The maximum Gasteiger partial charge on any atom is 0.341 e. The van der Waals surface area contributed by atoms with E-state index >= 15 is 0 Å². The van der Waals surface area contributed by atoms with Crippen molar-refractivity contribution < 1.29 is 14.3 Å². The number of nitrogens with zero attached hydrogens (tertiary/aromatic N) is 3. The van der Waals surface area contributed by atoms with E-state index < -0.39 is 0 Å². The largest absolute Gasteiger partial charge is 0.462 e. The summed E-state index contributed by atoms with van der Waals surface area (Å²) in [4.78, 5) is 22.5. The van der Waals surface area contributed by atoms with Crippen LogP contribution in [0.3, 0.4) is 0 Å². The first-order valence-corrected chi connectivity index (χ1v) is 6.50. The smallest absolute Gasteiger partial charge is 0.341 e. The highest BCUT2D eigenvalue weighted by Crippen LogP contribution is 2.08. The lowest BCUT2D eigenvalue weighted by Gasteiger charge is -2.25. The summed E-state index contributed by atoms with van der Waals surface area (Å²) in [5, 5.41) is 0. The van der Waals surface area contributed by atoms with E-state index in [-0.39, 0.29) is 5.97 Å². The highest BCUT2D eigenvalue weighted by atomic mass is 16.5. The van der Waals surface area contributed by atoms with Gasteiger partial charge in [0.15, 0.2) is 0 Å². The second kappa shape index (κ2) is 6.58. The molecule has 1 aromatic heterocycles. The van der Waals surface area contributed by atoms with Gasteiger partial charge in [-0.25, -0.2) is 14.8 Å². The number of hydrogen-bond acceptors (Lipinski definition) is 6. The zero-order chi connectivity index (χ0) is 13.7. The molecule has 0 N–H and O–H groups in total. The Morgan fingerprint density at radius 2 is 2.21 bits per heavy atom. The van der Waals surface area contributed by atoms with Crippen molar-refractivity contribution in [3.63, 3.8) is 0 Å². The predicted molar refractivity (Wildman–Crippen MR) is 68.8 cm³/mol. The van der Waals surface area contributed by atoms with Gasteiger partial charge in [-0.2, -0.15) is 0 Å². The summed E-state index contributed by atoms with van der Waals surface area (Å²) in [6, 6.07) is 0. The van der Waals surface area contributed by atoms with E-state index in [0.29, 0.717) is 24.4 Å². The van der Waals surface area contributed by atoms with Gasteiger partial charge < -0.3 is 9.47 Å². The van der Waals surface area contributed by atoms with Gasteiger partial charge in [0.05, 0.1) is 37.6 Å². The molecule has 0 bridgehead atoms. The van der Waals surface area contributed by atoms with Gasteiger partial charge in [-0.3, -0.25) is 4.90 Å². The standard InChI is InChI=1S/C13H19N3O3/c1-3-19-13(17)11-8-14-12(15-10(11)2)9-16-4-6-18-7-5-16/h8H,3-7,9H2,1-2H3. The molecule has 1 aliphatic rings. The van der Waals surface area contributed by atoms with Crippen molar-refractivity contribution in [1.82, 2.24) is 14.9 Å². The number of rotatable bonds is 4. The predicted octanol–water partition coefficient (Wildman–Crippen LogP) is 0.794. The van der Waals surface area contributed by atoms with Crippen molar-refractivity contribution in [3.8, 4) is 0 Å². The van der Waals surface area contributed by atoms with Crippen LogP contribution in [0.25, 0.3) is 0 Å². The molecule has 0 aromatic carbocycles. The Bertz CT molecular complexity index is 445. The van der Waals surface area contributed by atoms with Crippen LogP contribution in [0, 0.1) is 6.92 Å². The van der Waals surface area contributed by atoms with Gasteiger partial charge in [-0.15, -0.1) is 0 Å². The van der Waals surface area contributed by atoms with Crippen LogP contribution in [-0.2, 0) is 16.0 Å². The molecule has 1 aliphatic heterocycles. The number of morpholine rings is 1. The average molecular weight is 265 g/mol. The molecule has 6 heteroatoms. The molecule has 1 saturated heterocycles. The minimum atomic E-state index is -0.363. The van der Waals surface area contributed by atoms with Gasteiger partial charge in [0.2, 0.25) is 0 Å². The third kappa shape index (κ3) is 3.71. The van der Waals surface area contributed by atoms with E-state index in [1.807, 2.05) is 0 Å². The van der Waals surface area contributed by atoms with E-state index in [1.54, 1.807) is 20.0 Å². The topological polar surface area (TPSA) is 64.5 Å². The number of hydrogen-bond donors (Lipinski definition) is 0. The Morgan fingerprint density at radius 3 is 2.84 bits per heavy atom.